The van der Waals surface area contributed by atoms with Gasteiger partial charge in [0.25, 0.3) is 0 Å². The molecule has 1 aromatic heterocycles. The van der Waals surface area contributed by atoms with Gasteiger partial charge in [-0.3, -0.25) is 4.79 Å². The van der Waals surface area contributed by atoms with E-state index in [0.717, 1.165) is 0 Å². The molecule has 0 radical (unpaired) electrons. The van der Waals surface area contributed by atoms with Crippen molar-refractivity contribution in [2.75, 3.05) is 0 Å². The third-order valence-corrected chi connectivity index (χ3v) is 3.04. The van der Waals surface area contributed by atoms with Gasteiger partial charge in [-0.05, 0) is 30.5 Å². The van der Waals surface area contributed by atoms with Crippen LogP contribution in [0.15, 0.2) is 6.07 Å². The molecule has 0 aliphatic carbocycles. The number of hydrogen-bond donors (Lipinski definition) is 1. The van der Waals surface area contributed by atoms with Crippen LogP contribution in [0.2, 0.25) is 0 Å². The Kier molecular flexibility index (Phi) is 3.75. The third kappa shape index (κ3) is 3.23. The van der Waals surface area contributed by atoms with Gasteiger partial charge >= 0.3 is 12.3 Å². The maximum absolute atomic E-state index is 12.5. The second kappa shape index (κ2) is 5.23. The minimum atomic E-state index is -4.85. The number of ether oxygens (including phenoxy) is 1. The number of rotatable bonds is 4. The highest BCUT2D eigenvalue weighted by Crippen LogP contribution is 2.33. The fraction of sp³-hybridized carbons (Fsp3) is 0.417. The first kappa shape index (κ1) is 15.1. The van der Waals surface area contributed by atoms with Crippen LogP contribution in [0.4, 0.5) is 13.2 Å². The van der Waals surface area contributed by atoms with Crippen LogP contribution in [0.1, 0.15) is 17.5 Å². The quantitative estimate of drug-likeness (QED) is 0.937. The Morgan fingerprint density at radius 2 is 2.14 bits per heavy atom. The molecule has 2 rings (SSSR count). The van der Waals surface area contributed by atoms with E-state index in [1.165, 1.54) is 17.8 Å². The Labute approximate surface area is 117 Å². The first-order valence-electron chi connectivity index (χ1n) is 5.98. The summed E-state index contributed by atoms with van der Waals surface area (Å²) < 4.78 is 42.7. The molecule has 0 unspecified atom stereocenters. The van der Waals surface area contributed by atoms with Crippen LogP contribution in [0.3, 0.4) is 0 Å². The number of halogens is 3. The largest absolute Gasteiger partial charge is 0.573 e. The standard InChI is InChI=1S/C12H12F3N3O3/c1-6-7(3-4-9(19)20)5-8(21-12(13,14)15)11-10(6)16-17-18(11)2/h5H,3-4H2,1-2H3,(H,19,20). The molecule has 6 nitrogen and oxygen atoms in total. The average molecular weight is 303 g/mol. The number of benzene rings is 1. The topological polar surface area (TPSA) is 77.2 Å². The first-order chi connectivity index (χ1) is 9.69. The first-order valence-corrected chi connectivity index (χ1v) is 5.98. The molecule has 0 saturated carbocycles. The number of aryl methyl sites for hydroxylation is 3. The van der Waals surface area contributed by atoms with E-state index in [4.69, 9.17) is 5.11 Å². The summed E-state index contributed by atoms with van der Waals surface area (Å²) in [5, 5.41) is 16.2. The van der Waals surface area contributed by atoms with Gasteiger partial charge in [0.1, 0.15) is 11.0 Å². The zero-order valence-corrected chi connectivity index (χ0v) is 11.2. The molecule has 9 heteroatoms. The number of carboxylic acid groups (broad SMARTS) is 1. The predicted octanol–water partition coefficient (Wildman–Crippen LogP) is 2.19. The van der Waals surface area contributed by atoms with E-state index < -0.39 is 18.1 Å². The van der Waals surface area contributed by atoms with Crippen molar-refractivity contribution in [1.82, 2.24) is 15.0 Å². The highest BCUT2D eigenvalue weighted by Gasteiger charge is 2.33. The van der Waals surface area contributed by atoms with Gasteiger partial charge in [-0.2, -0.15) is 0 Å². The normalized spacial score (nSPS) is 11.9. The molecule has 0 aliphatic heterocycles. The summed E-state index contributed by atoms with van der Waals surface area (Å²) in [5.41, 5.74) is 1.40. The lowest BCUT2D eigenvalue weighted by Gasteiger charge is -2.13. The molecular formula is C12H12F3N3O3. The number of carbonyl (C=O) groups is 1. The van der Waals surface area contributed by atoms with Crippen LogP contribution in [-0.4, -0.2) is 32.4 Å². The number of hydrogen-bond acceptors (Lipinski definition) is 4. The van der Waals surface area contributed by atoms with E-state index in [1.807, 2.05) is 0 Å². The molecule has 0 spiro atoms. The van der Waals surface area contributed by atoms with Gasteiger partial charge in [-0.1, -0.05) is 5.21 Å². The predicted molar refractivity (Wildman–Crippen MR) is 65.9 cm³/mol. The Morgan fingerprint density at radius 3 is 2.71 bits per heavy atom. The minimum Gasteiger partial charge on any atom is -0.481 e. The molecule has 1 heterocycles. The van der Waals surface area contributed by atoms with E-state index in [0.29, 0.717) is 11.1 Å². The molecule has 1 aromatic carbocycles. The van der Waals surface area contributed by atoms with Crippen molar-refractivity contribution >= 4 is 17.0 Å². The minimum absolute atomic E-state index is 0.0852. The van der Waals surface area contributed by atoms with Crippen molar-refractivity contribution in [3.63, 3.8) is 0 Å². The Bertz CT molecular complexity index is 694. The van der Waals surface area contributed by atoms with Crippen molar-refractivity contribution in [2.45, 2.75) is 26.1 Å². The number of fused-ring (bicyclic) bond motifs is 1. The molecule has 0 saturated heterocycles. The summed E-state index contributed by atoms with van der Waals surface area (Å²) >= 11 is 0. The summed E-state index contributed by atoms with van der Waals surface area (Å²) in [6.07, 6.45) is -4.96. The van der Waals surface area contributed by atoms with E-state index >= 15 is 0 Å². The SMILES string of the molecule is Cc1c(CCC(=O)O)cc(OC(F)(F)F)c2c1nnn2C. The number of nitrogens with zero attached hydrogens (tertiary/aromatic N) is 3. The summed E-state index contributed by atoms with van der Waals surface area (Å²) in [5.74, 6) is -1.47. The maximum atomic E-state index is 12.5. The van der Waals surface area contributed by atoms with Crippen molar-refractivity contribution in [2.24, 2.45) is 7.05 Å². The molecule has 2 aromatic rings. The summed E-state index contributed by atoms with van der Waals surface area (Å²) in [7, 11) is 1.45. The molecule has 21 heavy (non-hydrogen) atoms. The molecule has 0 bridgehead atoms. The molecule has 0 fully saturated rings. The van der Waals surface area contributed by atoms with E-state index in [-0.39, 0.29) is 23.9 Å². The van der Waals surface area contributed by atoms with Crippen molar-refractivity contribution in [3.05, 3.63) is 17.2 Å². The lowest BCUT2D eigenvalue weighted by molar-refractivity contribution is -0.274. The zero-order valence-electron chi connectivity index (χ0n) is 11.2. The van der Waals surface area contributed by atoms with Crippen LogP contribution in [0.5, 0.6) is 5.75 Å². The summed E-state index contributed by atoms with van der Waals surface area (Å²) in [6.45, 7) is 1.66. The van der Waals surface area contributed by atoms with Crippen LogP contribution in [0.25, 0.3) is 11.0 Å². The van der Waals surface area contributed by atoms with Gasteiger partial charge in [0.05, 0.1) is 0 Å². The number of aromatic nitrogens is 3. The number of alkyl halides is 3. The monoisotopic (exact) mass is 303 g/mol. The van der Waals surface area contributed by atoms with Gasteiger partial charge in [0.15, 0.2) is 5.75 Å². The molecule has 1 N–H and O–H groups in total. The second-order valence-electron chi connectivity index (χ2n) is 4.51. The molecule has 0 atom stereocenters. The molecular weight excluding hydrogens is 291 g/mol. The fourth-order valence-electron chi connectivity index (χ4n) is 2.08. The Balaban J connectivity index is 2.56. The van der Waals surface area contributed by atoms with E-state index in [2.05, 4.69) is 15.0 Å². The van der Waals surface area contributed by atoms with Gasteiger partial charge < -0.3 is 9.84 Å². The molecule has 114 valence electrons. The highest BCUT2D eigenvalue weighted by atomic mass is 19.4. The Hall–Kier alpha value is -2.32. The second-order valence-corrected chi connectivity index (χ2v) is 4.51. The summed E-state index contributed by atoms with van der Waals surface area (Å²) in [6, 6.07) is 1.19. The zero-order chi connectivity index (χ0) is 15.8. The van der Waals surface area contributed by atoms with Gasteiger partial charge in [-0.15, -0.1) is 18.3 Å². The van der Waals surface area contributed by atoms with Crippen LogP contribution in [-0.2, 0) is 18.3 Å². The maximum Gasteiger partial charge on any atom is 0.573 e. The van der Waals surface area contributed by atoms with E-state index in [1.54, 1.807) is 6.92 Å². The average Bonchev–Trinajstić information content (AvgIpc) is 2.72. The van der Waals surface area contributed by atoms with Crippen LogP contribution >= 0.6 is 0 Å². The van der Waals surface area contributed by atoms with Crippen molar-refractivity contribution in [1.29, 1.82) is 0 Å². The fourth-order valence-corrected chi connectivity index (χ4v) is 2.08. The number of carboxylic acids is 1. The van der Waals surface area contributed by atoms with Crippen LogP contribution in [0, 0.1) is 6.92 Å². The Morgan fingerprint density at radius 1 is 1.48 bits per heavy atom. The van der Waals surface area contributed by atoms with E-state index in [9.17, 15) is 18.0 Å². The van der Waals surface area contributed by atoms with Crippen molar-refractivity contribution in [3.8, 4) is 5.75 Å². The lowest BCUT2D eigenvalue weighted by atomic mass is 10.0. The van der Waals surface area contributed by atoms with Crippen LogP contribution < -0.4 is 4.74 Å². The summed E-state index contributed by atoms with van der Waals surface area (Å²) in [4.78, 5) is 10.6. The molecule has 0 aliphatic rings. The third-order valence-electron chi connectivity index (χ3n) is 3.04. The lowest BCUT2D eigenvalue weighted by Crippen LogP contribution is -2.18. The van der Waals surface area contributed by atoms with Gasteiger partial charge in [0, 0.05) is 13.5 Å². The van der Waals surface area contributed by atoms with Gasteiger partial charge in [0.2, 0.25) is 0 Å². The number of aliphatic carboxylic acids is 1. The smallest absolute Gasteiger partial charge is 0.481 e. The van der Waals surface area contributed by atoms with Crippen molar-refractivity contribution < 1.29 is 27.8 Å². The molecule has 0 amide bonds. The van der Waals surface area contributed by atoms with Gasteiger partial charge in [-0.25, -0.2) is 4.68 Å². The highest BCUT2D eigenvalue weighted by molar-refractivity contribution is 5.85.